The molecule has 0 bridgehead atoms. The van der Waals surface area contributed by atoms with Gasteiger partial charge in [-0.25, -0.2) is 18.2 Å². The molecule has 1 heterocycles. The van der Waals surface area contributed by atoms with E-state index in [0.717, 1.165) is 24.0 Å². The Bertz CT molecular complexity index is 892. The summed E-state index contributed by atoms with van der Waals surface area (Å²) in [6.07, 6.45) is 1.72. The summed E-state index contributed by atoms with van der Waals surface area (Å²) in [5.41, 5.74) is 0.0936. The summed E-state index contributed by atoms with van der Waals surface area (Å²) < 4.78 is 32.9. The van der Waals surface area contributed by atoms with Crippen LogP contribution in [0.2, 0.25) is 0 Å². The molecular weight excluding hydrogens is 380 g/mol. The highest BCUT2D eigenvalue weighted by molar-refractivity contribution is 7.90. The van der Waals surface area contributed by atoms with Gasteiger partial charge in [0.2, 0.25) is 0 Å². The summed E-state index contributed by atoms with van der Waals surface area (Å²) in [5.74, 6) is -0.553. The summed E-state index contributed by atoms with van der Waals surface area (Å²) >= 11 is 0.978. The first-order chi connectivity index (χ1) is 12.3. The van der Waals surface area contributed by atoms with Gasteiger partial charge in [0, 0.05) is 11.6 Å². The SMILES string of the molecule is CCCCOC(=O)Oc1ccccc1C(=O)Nc1nc(S(C)(=O)=O)cs1. The largest absolute Gasteiger partial charge is 0.513 e. The lowest BCUT2D eigenvalue weighted by atomic mass is 10.2. The molecule has 8 nitrogen and oxygen atoms in total. The minimum atomic E-state index is -3.46. The first-order valence-electron chi connectivity index (χ1n) is 7.72. The van der Waals surface area contributed by atoms with Crippen LogP contribution < -0.4 is 10.1 Å². The van der Waals surface area contributed by atoms with Crippen molar-refractivity contribution in [2.45, 2.75) is 24.8 Å². The van der Waals surface area contributed by atoms with Gasteiger partial charge in [0.1, 0.15) is 5.75 Å². The molecule has 0 atom stereocenters. The standard InChI is InChI=1S/C16H18N2O6S2/c1-3-4-9-23-16(20)24-12-8-6-5-7-11(12)14(19)18-15-17-13(10-25-15)26(2,21)22/h5-8,10H,3-4,9H2,1-2H3,(H,17,18,19). The van der Waals surface area contributed by atoms with Crippen molar-refractivity contribution in [3.8, 4) is 5.75 Å². The first kappa shape index (κ1) is 19.9. The van der Waals surface area contributed by atoms with Crippen LogP contribution in [0, 0.1) is 0 Å². The van der Waals surface area contributed by atoms with Crippen molar-refractivity contribution in [2.24, 2.45) is 0 Å². The molecule has 0 fully saturated rings. The van der Waals surface area contributed by atoms with Gasteiger partial charge in [-0.3, -0.25) is 10.1 Å². The maximum Gasteiger partial charge on any atom is 0.513 e. The van der Waals surface area contributed by atoms with E-state index in [-0.39, 0.29) is 28.1 Å². The second-order valence-corrected chi connectivity index (χ2v) is 8.09. The van der Waals surface area contributed by atoms with Crippen LogP contribution in [-0.4, -0.2) is 38.3 Å². The number of nitrogens with one attached hydrogen (secondary N) is 1. The number of hydrogen-bond donors (Lipinski definition) is 1. The number of hydrogen-bond acceptors (Lipinski definition) is 8. The molecule has 1 aromatic carbocycles. The van der Waals surface area contributed by atoms with Crippen LogP contribution in [0.4, 0.5) is 9.93 Å². The molecule has 0 radical (unpaired) electrons. The second-order valence-electron chi connectivity index (χ2n) is 5.27. The predicted molar refractivity (Wildman–Crippen MR) is 96.5 cm³/mol. The molecule has 10 heteroatoms. The highest BCUT2D eigenvalue weighted by Gasteiger charge is 2.18. The van der Waals surface area contributed by atoms with Crippen molar-refractivity contribution in [1.29, 1.82) is 0 Å². The Morgan fingerprint density at radius 3 is 2.65 bits per heavy atom. The number of sulfone groups is 1. The van der Waals surface area contributed by atoms with E-state index in [1.54, 1.807) is 12.1 Å². The van der Waals surface area contributed by atoms with Crippen LogP contribution in [-0.2, 0) is 14.6 Å². The van der Waals surface area contributed by atoms with Gasteiger partial charge in [0.15, 0.2) is 20.0 Å². The molecule has 0 saturated carbocycles. The maximum atomic E-state index is 12.4. The summed E-state index contributed by atoms with van der Waals surface area (Å²) in [4.78, 5) is 27.9. The van der Waals surface area contributed by atoms with Gasteiger partial charge in [-0.15, -0.1) is 11.3 Å². The first-order valence-corrected chi connectivity index (χ1v) is 10.5. The average molecular weight is 398 g/mol. The zero-order valence-corrected chi connectivity index (χ0v) is 15.9. The molecule has 0 aliphatic rings. The Morgan fingerprint density at radius 1 is 1.27 bits per heavy atom. The number of unbranched alkanes of at least 4 members (excludes halogenated alkanes) is 1. The van der Waals surface area contributed by atoms with E-state index in [9.17, 15) is 18.0 Å². The van der Waals surface area contributed by atoms with Crippen LogP contribution in [0.25, 0.3) is 0 Å². The Kier molecular flexibility index (Phi) is 6.70. The zero-order chi connectivity index (χ0) is 19.2. The number of nitrogens with zero attached hydrogens (tertiary/aromatic N) is 1. The minimum absolute atomic E-state index is 0.0337. The van der Waals surface area contributed by atoms with E-state index in [4.69, 9.17) is 9.47 Å². The van der Waals surface area contributed by atoms with Gasteiger partial charge >= 0.3 is 6.16 Å². The average Bonchev–Trinajstić information content (AvgIpc) is 3.04. The van der Waals surface area contributed by atoms with Crippen LogP contribution in [0.1, 0.15) is 30.1 Å². The van der Waals surface area contributed by atoms with E-state index < -0.39 is 21.9 Å². The number of anilines is 1. The third kappa shape index (κ3) is 5.53. The van der Waals surface area contributed by atoms with Gasteiger partial charge in [-0.1, -0.05) is 25.5 Å². The van der Waals surface area contributed by atoms with Crippen molar-refractivity contribution in [1.82, 2.24) is 4.98 Å². The molecule has 1 aromatic heterocycles. The van der Waals surface area contributed by atoms with E-state index in [1.165, 1.54) is 17.5 Å². The fourth-order valence-electron chi connectivity index (χ4n) is 1.81. The predicted octanol–water partition coefficient (Wildman–Crippen LogP) is 3.11. The number of thiazole rings is 1. The monoisotopic (exact) mass is 398 g/mol. The van der Waals surface area contributed by atoms with E-state index >= 15 is 0 Å². The number of benzene rings is 1. The molecule has 1 amide bonds. The molecule has 2 aromatic rings. The topological polar surface area (TPSA) is 112 Å². The quantitative estimate of drug-likeness (QED) is 0.433. The lowest BCUT2D eigenvalue weighted by Gasteiger charge is -2.09. The molecule has 0 spiro atoms. The molecule has 2 rings (SSSR count). The second kappa shape index (κ2) is 8.77. The number of amides is 1. The molecule has 1 N–H and O–H groups in total. The fraction of sp³-hybridized carbons (Fsp3) is 0.312. The van der Waals surface area contributed by atoms with Gasteiger partial charge in [-0.05, 0) is 18.6 Å². The highest BCUT2D eigenvalue weighted by atomic mass is 32.2. The summed E-state index contributed by atoms with van der Waals surface area (Å²) in [6, 6.07) is 6.14. The number of carbonyl (C=O) groups excluding carboxylic acids is 2. The molecule has 140 valence electrons. The number of rotatable bonds is 7. The third-order valence-corrected chi connectivity index (χ3v) is 5.00. The van der Waals surface area contributed by atoms with Crippen LogP contribution in [0.15, 0.2) is 34.7 Å². The van der Waals surface area contributed by atoms with Gasteiger partial charge < -0.3 is 9.47 Å². The van der Waals surface area contributed by atoms with Crippen molar-refractivity contribution in [2.75, 3.05) is 18.2 Å². The van der Waals surface area contributed by atoms with E-state index in [1.807, 2.05) is 6.92 Å². The Hall–Kier alpha value is -2.46. The van der Waals surface area contributed by atoms with Crippen molar-refractivity contribution < 1.29 is 27.5 Å². The van der Waals surface area contributed by atoms with Crippen molar-refractivity contribution in [3.05, 3.63) is 35.2 Å². The molecule has 0 aliphatic heterocycles. The van der Waals surface area contributed by atoms with Crippen LogP contribution in [0.5, 0.6) is 5.75 Å². The molecule has 26 heavy (non-hydrogen) atoms. The normalized spacial score (nSPS) is 11.0. The Labute approximate surface area is 155 Å². The highest BCUT2D eigenvalue weighted by Crippen LogP contribution is 2.23. The summed E-state index contributed by atoms with van der Waals surface area (Å²) in [7, 11) is -3.46. The number of para-hydroxylation sites is 1. The smallest absolute Gasteiger partial charge is 0.434 e. The fourth-order valence-corrected chi connectivity index (χ4v) is 3.54. The summed E-state index contributed by atoms with van der Waals surface area (Å²) in [5, 5.41) is 3.82. The van der Waals surface area contributed by atoms with E-state index in [2.05, 4.69) is 10.3 Å². The van der Waals surface area contributed by atoms with Gasteiger partial charge in [0.25, 0.3) is 5.91 Å². The Balaban J connectivity index is 2.09. The third-order valence-electron chi connectivity index (χ3n) is 3.13. The minimum Gasteiger partial charge on any atom is -0.434 e. The van der Waals surface area contributed by atoms with Crippen LogP contribution in [0.3, 0.4) is 0 Å². The summed E-state index contributed by atoms with van der Waals surface area (Å²) in [6.45, 7) is 2.19. The van der Waals surface area contributed by atoms with E-state index in [0.29, 0.717) is 6.42 Å². The molecule has 0 saturated heterocycles. The lowest BCUT2D eigenvalue weighted by molar-refractivity contribution is 0.0958. The van der Waals surface area contributed by atoms with Gasteiger partial charge in [-0.2, -0.15) is 0 Å². The van der Waals surface area contributed by atoms with Crippen molar-refractivity contribution >= 4 is 38.4 Å². The van der Waals surface area contributed by atoms with Gasteiger partial charge in [0.05, 0.1) is 12.2 Å². The molecule has 0 unspecified atom stereocenters. The maximum absolute atomic E-state index is 12.4. The molecular formula is C16H18N2O6S2. The zero-order valence-electron chi connectivity index (χ0n) is 14.2. The number of aromatic nitrogens is 1. The number of ether oxygens (including phenoxy) is 2. The van der Waals surface area contributed by atoms with Crippen molar-refractivity contribution in [3.63, 3.8) is 0 Å². The van der Waals surface area contributed by atoms with Crippen LogP contribution >= 0.6 is 11.3 Å². The lowest BCUT2D eigenvalue weighted by Crippen LogP contribution is -2.17. The number of carbonyl (C=O) groups is 2. The molecule has 0 aliphatic carbocycles. The Morgan fingerprint density at radius 2 is 2.00 bits per heavy atom.